The van der Waals surface area contributed by atoms with Crippen molar-refractivity contribution in [3.05, 3.63) is 114 Å². The monoisotopic (exact) mass is 465 g/mol. The van der Waals surface area contributed by atoms with Gasteiger partial charge in [-0.3, -0.25) is 4.68 Å². The first kappa shape index (κ1) is 22.2. The molecule has 5 rings (SSSR count). The predicted molar refractivity (Wildman–Crippen MR) is 131 cm³/mol. The van der Waals surface area contributed by atoms with Crippen molar-refractivity contribution in [3.63, 3.8) is 0 Å². The van der Waals surface area contributed by atoms with E-state index < -0.39 is 5.97 Å². The molecule has 0 spiro atoms. The van der Waals surface area contributed by atoms with Crippen molar-refractivity contribution in [2.75, 3.05) is 0 Å². The van der Waals surface area contributed by atoms with Crippen molar-refractivity contribution >= 4 is 5.97 Å². The minimum absolute atomic E-state index is 0.175. The number of ether oxygens (including phenoxy) is 1. The maximum atomic E-state index is 11.7. The molecule has 0 radical (unpaired) electrons. The van der Waals surface area contributed by atoms with Crippen molar-refractivity contribution in [2.45, 2.75) is 20.1 Å². The lowest BCUT2D eigenvalue weighted by atomic mass is 10.1. The van der Waals surface area contributed by atoms with Gasteiger partial charge in [0.25, 0.3) is 0 Å². The predicted octanol–water partition coefficient (Wildman–Crippen LogP) is 5.84. The van der Waals surface area contributed by atoms with Crippen molar-refractivity contribution in [2.24, 2.45) is 0 Å². The molecule has 0 aliphatic heterocycles. The summed E-state index contributed by atoms with van der Waals surface area (Å²) in [5.41, 5.74) is 4.04. The van der Waals surface area contributed by atoms with E-state index in [0.29, 0.717) is 30.5 Å². The molecule has 7 heteroatoms. The molecule has 0 bridgehead atoms. The largest absolute Gasteiger partial charge is 0.487 e. The SMILES string of the molecule is Cc1oc(-c2ccccc2)nc1COc1ccc(Cn2cc(C(=O)O)c(-c3ccccc3)n2)cc1. The third-order valence-corrected chi connectivity index (χ3v) is 5.60. The number of aromatic nitrogens is 3. The maximum Gasteiger partial charge on any atom is 0.339 e. The Hall–Kier alpha value is -4.65. The minimum atomic E-state index is -1.00. The minimum Gasteiger partial charge on any atom is -0.487 e. The van der Waals surface area contributed by atoms with E-state index in [1.165, 1.54) is 0 Å². The average Bonchev–Trinajstić information content (AvgIpc) is 3.48. The third kappa shape index (κ3) is 4.99. The van der Waals surface area contributed by atoms with E-state index in [2.05, 4.69) is 10.1 Å². The molecule has 3 aromatic carbocycles. The number of aromatic carboxylic acids is 1. The molecule has 2 heterocycles. The average molecular weight is 466 g/mol. The highest BCUT2D eigenvalue weighted by Gasteiger charge is 2.17. The zero-order valence-electron chi connectivity index (χ0n) is 19.1. The standard InChI is InChI=1S/C28H23N3O4/c1-19-25(29-27(35-19)22-10-6-3-7-11-22)18-34-23-14-12-20(13-15-23)16-31-17-24(28(32)33)26(30-31)21-8-4-2-5-9-21/h2-15,17H,16,18H2,1H3,(H,32,33). The molecule has 1 N–H and O–H groups in total. The molecule has 0 fully saturated rings. The molecule has 0 unspecified atom stereocenters. The van der Waals surface area contributed by atoms with E-state index in [0.717, 1.165) is 28.1 Å². The Kier molecular flexibility index (Phi) is 6.13. The van der Waals surface area contributed by atoms with Gasteiger partial charge in [0.05, 0.1) is 6.54 Å². The van der Waals surface area contributed by atoms with Gasteiger partial charge >= 0.3 is 5.97 Å². The molecule has 0 atom stereocenters. The van der Waals surface area contributed by atoms with Crippen molar-refractivity contribution in [1.82, 2.24) is 14.8 Å². The first-order valence-corrected chi connectivity index (χ1v) is 11.2. The van der Waals surface area contributed by atoms with Crippen molar-refractivity contribution in [1.29, 1.82) is 0 Å². The fraction of sp³-hybridized carbons (Fsp3) is 0.107. The van der Waals surface area contributed by atoms with Crippen LogP contribution in [0.15, 0.2) is 95.5 Å². The molecular formula is C28H23N3O4. The Labute approximate surface area is 202 Å². The lowest BCUT2D eigenvalue weighted by molar-refractivity contribution is 0.0697. The van der Waals surface area contributed by atoms with Gasteiger partial charge in [0.15, 0.2) is 0 Å². The molecule has 2 aromatic heterocycles. The van der Waals surface area contributed by atoms with Gasteiger partial charge < -0.3 is 14.3 Å². The van der Waals surface area contributed by atoms with Gasteiger partial charge in [0, 0.05) is 17.3 Å². The number of oxazole rings is 1. The molecule has 0 saturated heterocycles. The molecular weight excluding hydrogens is 442 g/mol. The van der Waals surface area contributed by atoms with E-state index in [4.69, 9.17) is 9.15 Å². The van der Waals surface area contributed by atoms with Crippen LogP contribution in [0.5, 0.6) is 5.75 Å². The number of hydrogen-bond acceptors (Lipinski definition) is 5. The Balaban J connectivity index is 1.26. The summed E-state index contributed by atoms with van der Waals surface area (Å²) >= 11 is 0. The Bertz CT molecular complexity index is 1440. The van der Waals surface area contributed by atoms with Crippen LogP contribution in [0.2, 0.25) is 0 Å². The molecule has 174 valence electrons. The summed E-state index contributed by atoms with van der Waals surface area (Å²) < 4.78 is 13.4. The van der Waals surface area contributed by atoms with Gasteiger partial charge in [-0.15, -0.1) is 0 Å². The van der Waals surface area contributed by atoms with Crippen LogP contribution in [0.3, 0.4) is 0 Å². The lowest BCUT2D eigenvalue weighted by Gasteiger charge is -2.06. The number of carboxylic acids is 1. The van der Waals surface area contributed by atoms with Crippen LogP contribution in [0.25, 0.3) is 22.7 Å². The lowest BCUT2D eigenvalue weighted by Crippen LogP contribution is -2.01. The quantitative estimate of drug-likeness (QED) is 0.310. The second kappa shape index (κ2) is 9.69. The fourth-order valence-electron chi connectivity index (χ4n) is 3.76. The highest BCUT2D eigenvalue weighted by Crippen LogP contribution is 2.24. The topological polar surface area (TPSA) is 90.4 Å². The molecule has 35 heavy (non-hydrogen) atoms. The molecule has 0 saturated carbocycles. The van der Waals surface area contributed by atoms with Crippen LogP contribution in [-0.2, 0) is 13.2 Å². The zero-order chi connectivity index (χ0) is 24.2. The summed E-state index contributed by atoms with van der Waals surface area (Å²) in [5.74, 6) is 1.00. The van der Waals surface area contributed by atoms with Crippen LogP contribution in [0, 0.1) is 6.92 Å². The van der Waals surface area contributed by atoms with Crippen LogP contribution in [0.4, 0.5) is 0 Å². The molecule has 0 aliphatic carbocycles. The summed E-state index contributed by atoms with van der Waals surface area (Å²) in [6.07, 6.45) is 1.56. The number of hydrogen-bond donors (Lipinski definition) is 1. The van der Waals surface area contributed by atoms with E-state index in [9.17, 15) is 9.90 Å². The van der Waals surface area contributed by atoms with Gasteiger partial charge in [0.1, 0.15) is 35.1 Å². The summed E-state index contributed by atoms with van der Waals surface area (Å²) in [4.78, 5) is 16.3. The number of benzene rings is 3. The first-order valence-electron chi connectivity index (χ1n) is 11.2. The number of carbonyl (C=O) groups is 1. The van der Waals surface area contributed by atoms with Crippen LogP contribution < -0.4 is 4.74 Å². The molecule has 0 amide bonds. The second-order valence-corrected chi connectivity index (χ2v) is 8.08. The summed E-state index contributed by atoms with van der Waals surface area (Å²) in [7, 11) is 0. The van der Waals surface area contributed by atoms with Crippen molar-refractivity contribution < 1.29 is 19.1 Å². The Morgan fingerprint density at radius 1 is 0.943 bits per heavy atom. The van der Waals surface area contributed by atoms with Gasteiger partial charge in [-0.1, -0.05) is 60.7 Å². The van der Waals surface area contributed by atoms with Gasteiger partial charge in [-0.25, -0.2) is 9.78 Å². The summed E-state index contributed by atoms with van der Waals surface area (Å²) in [6.45, 7) is 2.61. The van der Waals surface area contributed by atoms with Gasteiger partial charge in [0.2, 0.25) is 5.89 Å². The third-order valence-electron chi connectivity index (χ3n) is 5.60. The smallest absolute Gasteiger partial charge is 0.339 e. The number of rotatable bonds is 8. The maximum absolute atomic E-state index is 11.7. The summed E-state index contributed by atoms with van der Waals surface area (Å²) in [6, 6.07) is 26.7. The molecule has 7 nitrogen and oxygen atoms in total. The Morgan fingerprint density at radius 2 is 1.60 bits per heavy atom. The van der Waals surface area contributed by atoms with Crippen LogP contribution >= 0.6 is 0 Å². The van der Waals surface area contributed by atoms with Gasteiger partial charge in [-0.2, -0.15) is 5.10 Å². The van der Waals surface area contributed by atoms with Gasteiger partial charge in [-0.05, 0) is 36.8 Å². The normalized spacial score (nSPS) is 10.9. The highest BCUT2D eigenvalue weighted by atomic mass is 16.5. The first-order chi connectivity index (χ1) is 17.1. The summed E-state index contributed by atoms with van der Waals surface area (Å²) in [5, 5.41) is 14.1. The van der Waals surface area contributed by atoms with Crippen molar-refractivity contribution in [3.8, 4) is 28.5 Å². The van der Waals surface area contributed by atoms with Crippen LogP contribution in [0.1, 0.15) is 27.4 Å². The highest BCUT2D eigenvalue weighted by molar-refractivity contribution is 5.94. The van der Waals surface area contributed by atoms with Crippen LogP contribution in [-0.4, -0.2) is 25.8 Å². The van der Waals surface area contributed by atoms with E-state index in [1.807, 2.05) is 91.9 Å². The Morgan fingerprint density at radius 3 is 2.26 bits per heavy atom. The number of carboxylic acid groups (broad SMARTS) is 1. The number of nitrogens with zero attached hydrogens (tertiary/aromatic N) is 3. The fourth-order valence-corrected chi connectivity index (χ4v) is 3.76. The number of aryl methyl sites for hydroxylation is 1. The molecule has 0 aliphatic rings. The van der Waals surface area contributed by atoms with E-state index >= 15 is 0 Å². The zero-order valence-corrected chi connectivity index (χ0v) is 19.1. The molecule has 5 aromatic rings. The van der Waals surface area contributed by atoms with E-state index in [1.54, 1.807) is 10.9 Å². The second-order valence-electron chi connectivity index (χ2n) is 8.08. The van der Waals surface area contributed by atoms with E-state index in [-0.39, 0.29) is 5.56 Å².